The van der Waals surface area contributed by atoms with Crippen molar-refractivity contribution in [3.8, 4) is 5.75 Å². The highest BCUT2D eigenvalue weighted by Crippen LogP contribution is 2.26. The van der Waals surface area contributed by atoms with Crippen molar-refractivity contribution in [3.05, 3.63) is 59.7 Å². The summed E-state index contributed by atoms with van der Waals surface area (Å²) in [5.74, 6) is 0.456. The van der Waals surface area contributed by atoms with Gasteiger partial charge in [-0.2, -0.15) is 0 Å². The van der Waals surface area contributed by atoms with Gasteiger partial charge in [0.05, 0.1) is 13.0 Å². The zero-order valence-corrected chi connectivity index (χ0v) is 15.5. The molecule has 1 aliphatic rings. The first-order chi connectivity index (χ1) is 13.1. The van der Waals surface area contributed by atoms with Crippen molar-refractivity contribution in [3.63, 3.8) is 0 Å². The standard InChI is InChI=1S/C21H25N3O3/c1-27-19-10-9-18(13-17(19)12-15-6-3-2-4-7-15)23-20(25)16-8-5-11-24(14-16)21(22)26/h2-4,6-7,9-10,13,16H,5,8,11-12,14H2,1H3,(H2,22,26)(H,23,25)/t16-/m0/s1. The number of benzene rings is 2. The largest absolute Gasteiger partial charge is 0.496 e. The third-order valence-electron chi connectivity index (χ3n) is 4.89. The van der Waals surface area contributed by atoms with Crippen molar-refractivity contribution in [1.82, 2.24) is 4.90 Å². The molecule has 6 heteroatoms. The van der Waals surface area contributed by atoms with E-state index >= 15 is 0 Å². The van der Waals surface area contributed by atoms with Crippen LogP contribution in [0.3, 0.4) is 0 Å². The molecule has 6 nitrogen and oxygen atoms in total. The second kappa shape index (κ2) is 8.58. The van der Waals surface area contributed by atoms with Crippen molar-refractivity contribution in [2.75, 3.05) is 25.5 Å². The van der Waals surface area contributed by atoms with Crippen molar-refractivity contribution in [2.24, 2.45) is 11.7 Å². The number of carbonyl (C=O) groups excluding carboxylic acids is 2. The molecule has 27 heavy (non-hydrogen) atoms. The van der Waals surface area contributed by atoms with Crippen molar-refractivity contribution in [1.29, 1.82) is 0 Å². The van der Waals surface area contributed by atoms with E-state index in [0.29, 0.717) is 19.5 Å². The van der Waals surface area contributed by atoms with Gasteiger partial charge in [0.25, 0.3) is 0 Å². The molecule has 0 radical (unpaired) electrons. The Kier molecular flexibility index (Phi) is 5.96. The summed E-state index contributed by atoms with van der Waals surface area (Å²) in [5.41, 5.74) is 8.25. The number of ether oxygens (including phenoxy) is 1. The Morgan fingerprint density at radius 3 is 2.70 bits per heavy atom. The molecule has 1 heterocycles. The van der Waals surface area contributed by atoms with Gasteiger partial charge in [0, 0.05) is 30.8 Å². The van der Waals surface area contributed by atoms with Gasteiger partial charge in [-0.15, -0.1) is 0 Å². The molecular weight excluding hydrogens is 342 g/mol. The normalized spacial score (nSPS) is 16.6. The van der Waals surface area contributed by atoms with Crippen molar-refractivity contribution < 1.29 is 14.3 Å². The predicted octanol–water partition coefficient (Wildman–Crippen LogP) is 3.02. The Bertz CT molecular complexity index is 808. The Labute approximate surface area is 159 Å². The minimum Gasteiger partial charge on any atom is -0.496 e. The molecule has 1 atom stereocenters. The van der Waals surface area contributed by atoms with Gasteiger partial charge in [0.1, 0.15) is 5.75 Å². The first kappa shape index (κ1) is 18.8. The molecule has 3 amide bonds. The Balaban J connectivity index is 1.72. The number of hydrogen-bond donors (Lipinski definition) is 2. The van der Waals surface area contributed by atoms with E-state index in [2.05, 4.69) is 17.4 Å². The van der Waals surface area contributed by atoms with Crippen LogP contribution in [0.4, 0.5) is 10.5 Å². The van der Waals surface area contributed by atoms with Crippen LogP contribution in [-0.4, -0.2) is 37.0 Å². The molecule has 1 aliphatic heterocycles. The lowest BCUT2D eigenvalue weighted by molar-refractivity contribution is -0.121. The van der Waals surface area contributed by atoms with Gasteiger partial charge in [0.15, 0.2) is 0 Å². The van der Waals surface area contributed by atoms with Gasteiger partial charge < -0.3 is 20.7 Å². The van der Waals surface area contributed by atoms with Crippen LogP contribution in [0.25, 0.3) is 0 Å². The SMILES string of the molecule is COc1ccc(NC(=O)[C@H]2CCCN(C(N)=O)C2)cc1Cc1ccccc1. The average Bonchev–Trinajstić information content (AvgIpc) is 2.69. The van der Waals surface area contributed by atoms with Crippen LogP contribution >= 0.6 is 0 Å². The van der Waals surface area contributed by atoms with Gasteiger partial charge >= 0.3 is 6.03 Å². The van der Waals surface area contributed by atoms with Crippen molar-refractivity contribution >= 4 is 17.6 Å². The van der Waals surface area contributed by atoms with E-state index in [9.17, 15) is 9.59 Å². The maximum Gasteiger partial charge on any atom is 0.314 e. The maximum absolute atomic E-state index is 12.6. The lowest BCUT2D eigenvalue weighted by Gasteiger charge is -2.30. The minimum absolute atomic E-state index is 0.0863. The average molecular weight is 367 g/mol. The predicted molar refractivity (Wildman–Crippen MR) is 105 cm³/mol. The summed E-state index contributed by atoms with van der Waals surface area (Å²) in [5, 5.41) is 2.98. The zero-order valence-electron chi connectivity index (χ0n) is 15.5. The number of piperidine rings is 1. The fourth-order valence-electron chi connectivity index (χ4n) is 3.45. The molecule has 3 N–H and O–H groups in total. The number of rotatable bonds is 5. The summed E-state index contributed by atoms with van der Waals surface area (Å²) < 4.78 is 5.46. The van der Waals surface area contributed by atoms with E-state index in [4.69, 9.17) is 10.5 Å². The summed E-state index contributed by atoms with van der Waals surface area (Å²) in [6.45, 7) is 0.983. The molecule has 1 fully saturated rings. The number of carbonyl (C=O) groups is 2. The molecule has 0 spiro atoms. The molecule has 142 valence electrons. The number of primary amides is 1. The summed E-state index contributed by atoms with van der Waals surface area (Å²) in [4.78, 5) is 25.5. The van der Waals surface area contributed by atoms with E-state index in [1.165, 1.54) is 10.5 Å². The number of anilines is 1. The quantitative estimate of drug-likeness (QED) is 0.852. The Morgan fingerprint density at radius 1 is 1.22 bits per heavy atom. The molecule has 0 saturated carbocycles. The highest BCUT2D eigenvalue weighted by atomic mass is 16.5. The third-order valence-corrected chi connectivity index (χ3v) is 4.89. The van der Waals surface area contributed by atoms with Gasteiger partial charge in [-0.1, -0.05) is 30.3 Å². The Hall–Kier alpha value is -3.02. The zero-order chi connectivity index (χ0) is 19.2. The number of nitrogens with zero attached hydrogens (tertiary/aromatic N) is 1. The first-order valence-electron chi connectivity index (χ1n) is 9.13. The van der Waals surface area contributed by atoms with E-state index in [-0.39, 0.29) is 11.8 Å². The fourth-order valence-corrected chi connectivity index (χ4v) is 3.45. The highest BCUT2D eigenvalue weighted by Gasteiger charge is 2.27. The Morgan fingerprint density at radius 2 is 2.00 bits per heavy atom. The molecule has 1 saturated heterocycles. The van der Waals surface area contributed by atoms with Crippen LogP contribution in [0.1, 0.15) is 24.0 Å². The van der Waals surface area contributed by atoms with Crippen LogP contribution < -0.4 is 15.8 Å². The molecule has 2 aromatic rings. The number of nitrogens with two attached hydrogens (primary N) is 1. The summed E-state index contributed by atoms with van der Waals surface area (Å²) in [6, 6.07) is 15.3. The number of hydrogen-bond acceptors (Lipinski definition) is 3. The van der Waals surface area contributed by atoms with E-state index < -0.39 is 6.03 Å². The van der Waals surface area contributed by atoms with E-state index in [0.717, 1.165) is 29.8 Å². The summed E-state index contributed by atoms with van der Waals surface area (Å²) >= 11 is 0. The first-order valence-corrected chi connectivity index (χ1v) is 9.13. The smallest absolute Gasteiger partial charge is 0.314 e. The molecule has 0 unspecified atom stereocenters. The van der Waals surface area contributed by atoms with Crippen LogP contribution in [0.2, 0.25) is 0 Å². The number of methoxy groups -OCH3 is 1. The van der Waals surface area contributed by atoms with Gasteiger partial charge in [0.2, 0.25) is 5.91 Å². The lowest BCUT2D eigenvalue weighted by atomic mass is 9.97. The summed E-state index contributed by atoms with van der Waals surface area (Å²) in [7, 11) is 1.64. The van der Waals surface area contributed by atoms with Gasteiger partial charge in [-0.25, -0.2) is 4.79 Å². The molecule has 2 aromatic carbocycles. The maximum atomic E-state index is 12.6. The third kappa shape index (κ3) is 4.78. The molecular formula is C21H25N3O3. The van der Waals surface area contributed by atoms with Crippen LogP contribution in [-0.2, 0) is 11.2 Å². The van der Waals surface area contributed by atoms with Gasteiger partial charge in [-0.05, 0) is 36.6 Å². The molecule has 0 aromatic heterocycles. The molecule has 0 aliphatic carbocycles. The van der Waals surface area contributed by atoms with Crippen molar-refractivity contribution in [2.45, 2.75) is 19.3 Å². The highest BCUT2D eigenvalue weighted by molar-refractivity contribution is 5.93. The molecule has 0 bridgehead atoms. The lowest BCUT2D eigenvalue weighted by Crippen LogP contribution is -2.46. The second-order valence-electron chi connectivity index (χ2n) is 6.80. The minimum atomic E-state index is -0.470. The van der Waals surface area contributed by atoms with Crippen LogP contribution in [0.5, 0.6) is 5.75 Å². The van der Waals surface area contributed by atoms with E-state index in [1.54, 1.807) is 7.11 Å². The van der Waals surface area contributed by atoms with Crippen LogP contribution in [0, 0.1) is 5.92 Å². The second-order valence-corrected chi connectivity index (χ2v) is 6.80. The summed E-state index contributed by atoms with van der Waals surface area (Å²) in [6.07, 6.45) is 2.25. The monoisotopic (exact) mass is 367 g/mol. The van der Waals surface area contributed by atoms with Crippen LogP contribution in [0.15, 0.2) is 48.5 Å². The number of urea groups is 1. The fraction of sp³-hybridized carbons (Fsp3) is 0.333. The van der Waals surface area contributed by atoms with E-state index in [1.807, 2.05) is 36.4 Å². The number of amides is 3. The number of likely N-dealkylation sites (tertiary alicyclic amines) is 1. The van der Waals surface area contributed by atoms with Gasteiger partial charge in [-0.3, -0.25) is 4.79 Å². The topological polar surface area (TPSA) is 84.7 Å². The molecule has 3 rings (SSSR count). The number of nitrogens with one attached hydrogen (secondary N) is 1.